The Labute approximate surface area is 154 Å². The van der Waals surface area contributed by atoms with Crippen LogP contribution in [0, 0.1) is 6.92 Å². The van der Waals surface area contributed by atoms with E-state index < -0.39 is 5.97 Å². The molecular formula is C18H18N4O3S. The van der Waals surface area contributed by atoms with Crippen LogP contribution in [-0.2, 0) is 6.42 Å². The summed E-state index contributed by atoms with van der Waals surface area (Å²) in [5.74, 6) is 0.480. The predicted octanol–water partition coefficient (Wildman–Crippen LogP) is 3.27. The summed E-state index contributed by atoms with van der Waals surface area (Å²) in [7, 11) is 1.64. The van der Waals surface area contributed by atoms with E-state index in [2.05, 4.69) is 20.3 Å². The van der Waals surface area contributed by atoms with Gasteiger partial charge in [-0.2, -0.15) is 0 Å². The number of anilines is 1. The maximum Gasteiger partial charge on any atom is 0.347 e. The van der Waals surface area contributed by atoms with Gasteiger partial charge in [0.15, 0.2) is 0 Å². The SMILES string of the molecule is COc1ccc(CCNc2cncc(-c3nc(C)c(C(=O)O)s3)n2)cc1. The summed E-state index contributed by atoms with van der Waals surface area (Å²) < 4.78 is 5.15. The fourth-order valence-corrected chi connectivity index (χ4v) is 3.25. The third-order valence-electron chi connectivity index (χ3n) is 3.72. The molecule has 0 saturated carbocycles. The Hall–Kier alpha value is -3.00. The van der Waals surface area contributed by atoms with Gasteiger partial charge in [-0.3, -0.25) is 4.98 Å². The summed E-state index contributed by atoms with van der Waals surface area (Å²) in [6.45, 7) is 2.37. The monoisotopic (exact) mass is 370 g/mol. The number of benzene rings is 1. The Morgan fingerprint density at radius 3 is 2.65 bits per heavy atom. The summed E-state index contributed by atoms with van der Waals surface area (Å²) in [5.41, 5.74) is 2.22. The largest absolute Gasteiger partial charge is 0.497 e. The maximum atomic E-state index is 11.2. The molecule has 0 aliphatic heterocycles. The van der Waals surface area contributed by atoms with Gasteiger partial charge < -0.3 is 15.2 Å². The van der Waals surface area contributed by atoms with E-state index in [1.807, 2.05) is 24.3 Å². The van der Waals surface area contributed by atoms with Gasteiger partial charge in [0, 0.05) is 6.54 Å². The molecule has 0 spiro atoms. The number of hydrogen-bond donors (Lipinski definition) is 2. The zero-order valence-electron chi connectivity index (χ0n) is 14.4. The van der Waals surface area contributed by atoms with Gasteiger partial charge in [0.25, 0.3) is 0 Å². The van der Waals surface area contributed by atoms with Crippen LogP contribution in [0.3, 0.4) is 0 Å². The Morgan fingerprint density at radius 1 is 1.23 bits per heavy atom. The van der Waals surface area contributed by atoms with Crippen LogP contribution in [0.15, 0.2) is 36.7 Å². The lowest BCUT2D eigenvalue weighted by atomic mass is 10.1. The van der Waals surface area contributed by atoms with Crippen molar-refractivity contribution in [2.45, 2.75) is 13.3 Å². The highest BCUT2D eigenvalue weighted by Crippen LogP contribution is 2.26. The molecule has 8 heteroatoms. The quantitative estimate of drug-likeness (QED) is 0.659. The van der Waals surface area contributed by atoms with Crippen LogP contribution in [0.4, 0.5) is 5.82 Å². The number of aromatic carboxylic acids is 1. The van der Waals surface area contributed by atoms with E-state index in [-0.39, 0.29) is 4.88 Å². The van der Waals surface area contributed by atoms with Gasteiger partial charge in [0.05, 0.1) is 25.2 Å². The van der Waals surface area contributed by atoms with Crippen LogP contribution >= 0.6 is 11.3 Å². The number of carbonyl (C=O) groups is 1. The van der Waals surface area contributed by atoms with Gasteiger partial charge >= 0.3 is 5.97 Å². The topological polar surface area (TPSA) is 97.2 Å². The minimum Gasteiger partial charge on any atom is -0.497 e. The minimum absolute atomic E-state index is 0.222. The fourth-order valence-electron chi connectivity index (χ4n) is 2.39. The lowest BCUT2D eigenvalue weighted by Gasteiger charge is -2.07. The molecular weight excluding hydrogens is 352 g/mol. The average molecular weight is 370 g/mol. The molecule has 3 rings (SSSR count). The van der Waals surface area contributed by atoms with Gasteiger partial charge in [-0.15, -0.1) is 11.3 Å². The number of hydrogen-bond acceptors (Lipinski definition) is 7. The van der Waals surface area contributed by atoms with E-state index in [4.69, 9.17) is 9.84 Å². The Morgan fingerprint density at radius 2 is 2.00 bits per heavy atom. The van der Waals surface area contributed by atoms with Crippen molar-refractivity contribution >= 4 is 23.1 Å². The highest BCUT2D eigenvalue weighted by molar-refractivity contribution is 7.17. The van der Waals surface area contributed by atoms with Crippen LogP contribution in [0.25, 0.3) is 10.7 Å². The van der Waals surface area contributed by atoms with Crippen molar-refractivity contribution in [3.8, 4) is 16.5 Å². The second-order valence-electron chi connectivity index (χ2n) is 5.55. The average Bonchev–Trinajstić information content (AvgIpc) is 3.05. The van der Waals surface area contributed by atoms with E-state index in [9.17, 15) is 4.79 Å². The number of carboxylic acid groups (broad SMARTS) is 1. The molecule has 0 radical (unpaired) electrons. The number of nitrogens with zero attached hydrogens (tertiary/aromatic N) is 3. The molecule has 2 heterocycles. The van der Waals surface area contributed by atoms with E-state index >= 15 is 0 Å². The van der Waals surface area contributed by atoms with Crippen LogP contribution in [-0.4, -0.2) is 39.7 Å². The van der Waals surface area contributed by atoms with Gasteiger partial charge in [0.1, 0.15) is 27.1 Å². The van der Waals surface area contributed by atoms with Crippen molar-refractivity contribution in [1.29, 1.82) is 0 Å². The Bertz CT molecular complexity index is 909. The van der Waals surface area contributed by atoms with Crippen molar-refractivity contribution in [3.63, 3.8) is 0 Å². The molecule has 1 aromatic carbocycles. The normalized spacial score (nSPS) is 10.5. The lowest BCUT2D eigenvalue weighted by Crippen LogP contribution is -2.07. The molecule has 2 N–H and O–H groups in total. The zero-order chi connectivity index (χ0) is 18.5. The number of methoxy groups -OCH3 is 1. The van der Waals surface area contributed by atoms with Crippen LogP contribution in [0.1, 0.15) is 20.9 Å². The first kappa shape index (κ1) is 17.8. The summed E-state index contributed by atoms with van der Waals surface area (Å²) in [6.07, 6.45) is 4.05. The molecule has 0 fully saturated rings. The Balaban J connectivity index is 1.65. The highest BCUT2D eigenvalue weighted by Gasteiger charge is 2.16. The van der Waals surface area contributed by atoms with Crippen molar-refractivity contribution in [1.82, 2.24) is 15.0 Å². The summed E-state index contributed by atoms with van der Waals surface area (Å²) in [4.78, 5) is 24.3. The van der Waals surface area contributed by atoms with Gasteiger partial charge in [-0.1, -0.05) is 12.1 Å². The smallest absolute Gasteiger partial charge is 0.347 e. The second kappa shape index (κ2) is 7.92. The van der Waals surface area contributed by atoms with Gasteiger partial charge in [0.2, 0.25) is 0 Å². The number of rotatable bonds is 7. The third kappa shape index (κ3) is 4.15. The molecule has 0 bridgehead atoms. The first-order valence-corrected chi connectivity index (χ1v) is 8.78. The third-order valence-corrected chi connectivity index (χ3v) is 4.89. The lowest BCUT2D eigenvalue weighted by molar-refractivity contribution is 0.0701. The number of nitrogens with one attached hydrogen (secondary N) is 1. The van der Waals surface area contributed by atoms with Gasteiger partial charge in [-0.05, 0) is 31.0 Å². The number of thiazole rings is 1. The fraction of sp³-hybridized carbons (Fsp3) is 0.222. The standard InChI is InChI=1S/C18H18N4O3S/c1-11-16(18(23)24)26-17(21-11)14-9-19-10-15(22-14)20-8-7-12-3-5-13(25-2)6-4-12/h3-6,9-10H,7-8H2,1-2H3,(H,20,22)(H,23,24). The molecule has 2 aromatic heterocycles. The van der Waals surface area contributed by atoms with Gasteiger partial charge in [-0.25, -0.2) is 14.8 Å². The Kier molecular flexibility index (Phi) is 5.43. The van der Waals surface area contributed by atoms with Crippen molar-refractivity contribution in [2.24, 2.45) is 0 Å². The second-order valence-corrected chi connectivity index (χ2v) is 6.55. The van der Waals surface area contributed by atoms with Crippen molar-refractivity contribution in [3.05, 3.63) is 52.8 Å². The van der Waals surface area contributed by atoms with Crippen LogP contribution < -0.4 is 10.1 Å². The first-order chi connectivity index (χ1) is 12.6. The summed E-state index contributed by atoms with van der Waals surface area (Å²) in [5, 5.41) is 12.9. The molecule has 0 aliphatic carbocycles. The number of aryl methyl sites for hydroxylation is 1. The summed E-state index contributed by atoms with van der Waals surface area (Å²) in [6, 6.07) is 7.91. The van der Waals surface area contributed by atoms with E-state index in [0.717, 1.165) is 23.5 Å². The molecule has 26 heavy (non-hydrogen) atoms. The van der Waals surface area contributed by atoms with E-state index in [1.54, 1.807) is 26.4 Å². The number of aromatic nitrogens is 3. The minimum atomic E-state index is -0.979. The van der Waals surface area contributed by atoms with Crippen molar-refractivity contribution < 1.29 is 14.6 Å². The molecule has 3 aromatic rings. The maximum absolute atomic E-state index is 11.2. The molecule has 0 amide bonds. The number of carboxylic acids is 1. The van der Waals surface area contributed by atoms with Crippen molar-refractivity contribution in [2.75, 3.05) is 19.0 Å². The van der Waals surface area contributed by atoms with E-state index in [1.165, 1.54) is 5.56 Å². The van der Waals surface area contributed by atoms with Crippen LogP contribution in [0.5, 0.6) is 5.75 Å². The van der Waals surface area contributed by atoms with E-state index in [0.29, 0.717) is 28.8 Å². The molecule has 7 nitrogen and oxygen atoms in total. The molecule has 0 saturated heterocycles. The first-order valence-electron chi connectivity index (χ1n) is 7.97. The molecule has 0 unspecified atom stereocenters. The number of ether oxygens (including phenoxy) is 1. The molecule has 0 atom stereocenters. The summed E-state index contributed by atoms with van der Waals surface area (Å²) >= 11 is 1.10. The van der Waals surface area contributed by atoms with Crippen LogP contribution in [0.2, 0.25) is 0 Å². The zero-order valence-corrected chi connectivity index (χ0v) is 15.2. The molecule has 0 aliphatic rings. The predicted molar refractivity (Wildman–Crippen MR) is 100 cm³/mol. The molecule has 134 valence electrons. The highest BCUT2D eigenvalue weighted by atomic mass is 32.1.